The number of aryl methyl sites for hydroxylation is 1. The van der Waals surface area contributed by atoms with E-state index in [-0.39, 0.29) is 23.7 Å². The quantitative estimate of drug-likeness (QED) is 0.431. The highest BCUT2D eigenvalue weighted by molar-refractivity contribution is 5.92. The van der Waals surface area contributed by atoms with Crippen molar-refractivity contribution in [3.63, 3.8) is 0 Å². The lowest BCUT2D eigenvalue weighted by Crippen LogP contribution is -2.36. The van der Waals surface area contributed by atoms with Crippen molar-refractivity contribution in [3.05, 3.63) is 24.0 Å². The number of carbonyl (C=O) groups is 1. The van der Waals surface area contributed by atoms with Crippen LogP contribution in [0.25, 0.3) is 11.0 Å². The summed E-state index contributed by atoms with van der Waals surface area (Å²) in [5, 5.41) is 18.6. The van der Waals surface area contributed by atoms with E-state index in [1.165, 1.54) is 0 Å². The van der Waals surface area contributed by atoms with Crippen molar-refractivity contribution in [2.24, 2.45) is 13.0 Å². The number of ether oxygens (including phenoxy) is 3. The fourth-order valence-electron chi connectivity index (χ4n) is 5.10. The van der Waals surface area contributed by atoms with E-state index in [1.54, 1.807) is 10.9 Å². The molecule has 0 radical (unpaired) electrons. The number of alkyl carbamates (subject to hydrolysis) is 1. The minimum atomic E-state index is -0.301. The number of nitrogens with one attached hydrogen (secondary N) is 3. The minimum Gasteiger partial charge on any atom is -0.475 e. The van der Waals surface area contributed by atoms with E-state index < -0.39 is 0 Å². The SMILES string of the molecule is Cn1nc(OCC2CCOC2)c2nccc(Nc3cc(C4CCC(OC(=O)NC5(C)CC5)C4)[nH]n3)c21. The number of amides is 1. The first-order valence-electron chi connectivity index (χ1n) is 12.8. The molecular weight excluding hydrogens is 462 g/mol. The summed E-state index contributed by atoms with van der Waals surface area (Å²) in [6.07, 6.45) is 7.02. The zero-order chi connectivity index (χ0) is 24.7. The lowest BCUT2D eigenvalue weighted by molar-refractivity contribution is 0.0967. The van der Waals surface area contributed by atoms with Gasteiger partial charge in [0.2, 0.25) is 0 Å². The molecule has 3 fully saturated rings. The fourth-order valence-corrected chi connectivity index (χ4v) is 5.10. The van der Waals surface area contributed by atoms with Gasteiger partial charge in [0.05, 0.1) is 18.9 Å². The van der Waals surface area contributed by atoms with Gasteiger partial charge in [-0.1, -0.05) is 0 Å². The van der Waals surface area contributed by atoms with Gasteiger partial charge < -0.3 is 24.8 Å². The van der Waals surface area contributed by atoms with Crippen LogP contribution in [0.15, 0.2) is 18.3 Å². The molecule has 3 N–H and O–H groups in total. The molecule has 2 aliphatic carbocycles. The summed E-state index contributed by atoms with van der Waals surface area (Å²) < 4.78 is 18.9. The average Bonchev–Trinajstić information content (AvgIpc) is 3.40. The number of anilines is 2. The Morgan fingerprint density at radius 2 is 2.22 bits per heavy atom. The van der Waals surface area contributed by atoms with E-state index in [9.17, 15) is 4.79 Å². The first-order valence-corrected chi connectivity index (χ1v) is 12.8. The number of aromatic amines is 1. The molecule has 3 aliphatic rings. The van der Waals surface area contributed by atoms with Gasteiger partial charge in [-0.2, -0.15) is 5.10 Å². The largest absolute Gasteiger partial charge is 0.475 e. The third-order valence-electron chi connectivity index (χ3n) is 7.53. The highest BCUT2D eigenvalue weighted by Crippen LogP contribution is 2.38. The van der Waals surface area contributed by atoms with Crippen LogP contribution >= 0.6 is 0 Å². The highest BCUT2D eigenvalue weighted by Gasteiger charge is 2.40. The molecule has 3 atom stereocenters. The second-order valence-electron chi connectivity index (χ2n) is 10.6. The van der Waals surface area contributed by atoms with Gasteiger partial charge in [0.15, 0.2) is 11.3 Å². The first-order chi connectivity index (χ1) is 17.5. The average molecular weight is 496 g/mol. The van der Waals surface area contributed by atoms with Crippen LogP contribution in [0, 0.1) is 5.92 Å². The van der Waals surface area contributed by atoms with Crippen LogP contribution in [0.1, 0.15) is 57.1 Å². The Hall–Kier alpha value is -3.34. The minimum absolute atomic E-state index is 0.0664. The van der Waals surface area contributed by atoms with E-state index in [0.717, 1.165) is 68.6 Å². The van der Waals surface area contributed by atoms with Crippen LogP contribution in [0.5, 0.6) is 5.88 Å². The van der Waals surface area contributed by atoms with Crippen LogP contribution < -0.4 is 15.4 Å². The molecule has 3 unspecified atom stereocenters. The van der Waals surface area contributed by atoms with E-state index in [1.807, 2.05) is 26.1 Å². The molecule has 0 aromatic carbocycles. The molecular formula is C25H33N7O4. The zero-order valence-corrected chi connectivity index (χ0v) is 20.7. The number of rotatable bonds is 8. The van der Waals surface area contributed by atoms with E-state index in [4.69, 9.17) is 14.2 Å². The Kier molecular flexibility index (Phi) is 5.94. The smallest absolute Gasteiger partial charge is 0.407 e. The monoisotopic (exact) mass is 495 g/mol. The van der Waals surface area contributed by atoms with Gasteiger partial charge in [0, 0.05) is 49.0 Å². The third kappa shape index (κ3) is 4.84. The molecule has 2 saturated carbocycles. The van der Waals surface area contributed by atoms with Gasteiger partial charge in [-0.3, -0.25) is 9.78 Å². The molecule has 1 amide bonds. The van der Waals surface area contributed by atoms with Crippen molar-refractivity contribution in [1.82, 2.24) is 30.3 Å². The number of H-pyrrole nitrogens is 1. The molecule has 36 heavy (non-hydrogen) atoms. The number of hydrogen-bond acceptors (Lipinski definition) is 8. The molecule has 4 heterocycles. The predicted molar refractivity (Wildman–Crippen MR) is 132 cm³/mol. The van der Waals surface area contributed by atoms with Crippen LogP contribution in [0.2, 0.25) is 0 Å². The Morgan fingerprint density at radius 1 is 1.33 bits per heavy atom. The van der Waals surface area contributed by atoms with Crippen molar-refractivity contribution in [1.29, 1.82) is 0 Å². The van der Waals surface area contributed by atoms with Crippen LogP contribution in [0.3, 0.4) is 0 Å². The molecule has 3 aromatic rings. The van der Waals surface area contributed by atoms with E-state index >= 15 is 0 Å². The number of nitrogens with zero attached hydrogens (tertiary/aromatic N) is 4. The van der Waals surface area contributed by atoms with Crippen LogP contribution in [-0.2, 0) is 16.5 Å². The summed E-state index contributed by atoms with van der Waals surface area (Å²) in [5.74, 6) is 1.91. The zero-order valence-electron chi connectivity index (χ0n) is 20.7. The fraction of sp³-hybridized carbons (Fsp3) is 0.600. The Bertz CT molecular complexity index is 1240. The van der Waals surface area contributed by atoms with Gasteiger partial charge in [-0.25, -0.2) is 9.78 Å². The van der Waals surface area contributed by atoms with Crippen molar-refractivity contribution in [2.45, 2.75) is 63.0 Å². The van der Waals surface area contributed by atoms with Crippen molar-refractivity contribution < 1.29 is 19.0 Å². The summed E-state index contributed by atoms with van der Waals surface area (Å²) in [4.78, 5) is 16.7. The molecule has 6 rings (SSSR count). The molecule has 11 nitrogen and oxygen atoms in total. The second kappa shape index (κ2) is 9.27. The maximum absolute atomic E-state index is 12.2. The molecule has 1 aliphatic heterocycles. The number of aromatic nitrogens is 5. The van der Waals surface area contributed by atoms with E-state index in [0.29, 0.717) is 29.7 Å². The van der Waals surface area contributed by atoms with Gasteiger partial charge in [-0.15, -0.1) is 5.10 Å². The highest BCUT2D eigenvalue weighted by atomic mass is 16.6. The van der Waals surface area contributed by atoms with Gasteiger partial charge >= 0.3 is 6.09 Å². The van der Waals surface area contributed by atoms with Crippen molar-refractivity contribution in [2.75, 3.05) is 25.1 Å². The van der Waals surface area contributed by atoms with Crippen LogP contribution in [0.4, 0.5) is 16.3 Å². The number of carbonyl (C=O) groups excluding carboxylic acids is 1. The number of hydrogen-bond donors (Lipinski definition) is 3. The summed E-state index contributed by atoms with van der Waals surface area (Å²) in [6.45, 7) is 4.14. The summed E-state index contributed by atoms with van der Waals surface area (Å²) in [7, 11) is 1.88. The summed E-state index contributed by atoms with van der Waals surface area (Å²) in [6, 6.07) is 3.93. The topological polar surface area (TPSA) is 128 Å². The Labute approximate surface area is 209 Å². The first kappa shape index (κ1) is 23.1. The normalized spacial score (nSPS) is 24.7. The maximum Gasteiger partial charge on any atom is 0.407 e. The standard InChI is InChI=1S/C25H33N7O4/c1-25(7-8-25)28-24(33)36-17-4-3-16(11-17)19-12-20(30-29-19)27-18-5-9-26-21-22(18)32(2)31-23(21)35-14-15-6-10-34-13-15/h5,9,12,15-17H,3-4,6-8,10-11,13-14H2,1-2H3,(H,28,33)(H2,26,27,29,30). The number of pyridine rings is 1. The second-order valence-corrected chi connectivity index (χ2v) is 10.6. The Morgan fingerprint density at radius 3 is 3.03 bits per heavy atom. The van der Waals surface area contributed by atoms with Crippen molar-refractivity contribution in [3.8, 4) is 5.88 Å². The van der Waals surface area contributed by atoms with Gasteiger partial charge in [0.25, 0.3) is 5.88 Å². The summed E-state index contributed by atoms with van der Waals surface area (Å²) in [5.41, 5.74) is 3.39. The molecule has 0 bridgehead atoms. The third-order valence-corrected chi connectivity index (χ3v) is 7.53. The Balaban J connectivity index is 1.10. The predicted octanol–water partition coefficient (Wildman–Crippen LogP) is 3.77. The van der Waals surface area contributed by atoms with Gasteiger partial charge in [0.1, 0.15) is 11.6 Å². The maximum atomic E-state index is 12.2. The summed E-state index contributed by atoms with van der Waals surface area (Å²) >= 11 is 0. The number of fused-ring (bicyclic) bond motifs is 1. The van der Waals surface area contributed by atoms with E-state index in [2.05, 4.69) is 30.9 Å². The molecule has 192 valence electrons. The van der Waals surface area contributed by atoms with Crippen molar-refractivity contribution >= 4 is 28.6 Å². The lowest BCUT2D eigenvalue weighted by Gasteiger charge is -2.16. The van der Waals surface area contributed by atoms with Crippen LogP contribution in [-0.4, -0.2) is 62.5 Å². The molecule has 11 heteroatoms. The lowest BCUT2D eigenvalue weighted by atomic mass is 10.0. The van der Waals surface area contributed by atoms with Gasteiger partial charge in [-0.05, 0) is 51.5 Å². The molecule has 1 saturated heterocycles. The molecule has 0 spiro atoms. The molecule has 3 aromatic heterocycles.